The highest BCUT2D eigenvalue weighted by atomic mass is 16.5. The molecule has 3 unspecified atom stereocenters. The lowest BCUT2D eigenvalue weighted by Crippen LogP contribution is -2.50. The van der Waals surface area contributed by atoms with Crippen LogP contribution in [0.3, 0.4) is 0 Å². The van der Waals surface area contributed by atoms with Crippen molar-refractivity contribution in [3.63, 3.8) is 0 Å². The first kappa shape index (κ1) is 12.9. The number of nitrogens with one attached hydrogen (secondary N) is 1. The van der Waals surface area contributed by atoms with Crippen LogP contribution in [0.2, 0.25) is 0 Å². The third-order valence-corrected chi connectivity index (χ3v) is 3.30. The van der Waals surface area contributed by atoms with Crippen molar-refractivity contribution in [3.05, 3.63) is 0 Å². The van der Waals surface area contributed by atoms with Gasteiger partial charge < -0.3 is 9.47 Å². The van der Waals surface area contributed by atoms with Gasteiger partial charge in [0.1, 0.15) is 0 Å². The molecule has 1 aliphatic rings. The maximum atomic E-state index is 5.62. The van der Waals surface area contributed by atoms with Gasteiger partial charge in [-0.2, -0.15) is 0 Å². The Hall–Kier alpha value is -0.160. The summed E-state index contributed by atoms with van der Waals surface area (Å²) in [5.74, 6) is 6.78. The molecular formula is C11H24N2O2. The van der Waals surface area contributed by atoms with Crippen LogP contribution in [-0.4, -0.2) is 33.0 Å². The lowest BCUT2D eigenvalue weighted by molar-refractivity contribution is 0.0280. The maximum absolute atomic E-state index is 5.62. The second-order valence-electron chi connectivity index (χ2n) is 4.49. The topological polar surface area (TPSA) is 56.5 Å². The first-order valence-electron chi connectivity index (χ1n) is 5.72. The molecule has 1 fully saturated rings. The number of methoxy groups -OCH3 is 2. The second kappa shape index (κ2) is 6.43. The van der Waals surface area contributed by atoms with Gasteiger partial charge in [0.05, 0.1) is 12.1 Å². The standard InChI is InChI=1S/C11H24N2O2/c1-8(6-7-14-2)10(13-12)11(15-3)9-4-5-9/h8-11,13H,4-7,12H2,1-3H3. The molecule has 1 rings (SSSR count). The lowest BCUT2D eigenvalue weighted by atomic mass is 9.92. The van der Waals surface area contributed by atoms with Crippen molar-refractivity contribution < 1.29 is 9.47 Å². The van der Waals surface area contributed by atoms with Gasteiger partial charge in [-0.25, -0.2) is 0 Å². The minimum atomic E-state index is 0.234. The molecule has 0 amide bonds. The average Bonchev–Trinajstić information content (AvgIpc) is 3.06. The predicted octanol–water partition coefficient (Wildman–Crippen LogP) is 0.916. The van der Waals surface area contributed by atoms with E-state index in [0.29, 0.717) is 11.8 Å². The number of rotatable bonds is 8. The van der Waals surface area contributed by atoms with E-state index < -0.39 is 0 Å². The summed E-state index contributed by atoms with van der Waals surface area (Å²) >= 11 is 0. The van der Waals surface area contributed by atoms with Crippen molar-refractivity contribution in [2.24, 2.45) is 17.7 Å². The van der Waals surface area contributed by atoms with E-state index in [0.717, 1.165) is 13.0 Å². The number of hydrogen-bond donors (Lipinski definition) is 2. The molecule has 0 aromatic heterocycles. The summed E-state index contributed by atoms with van der Waals surface area (Å²) in [4.78, 5) is 0. The molecule has 0 aromatic carbocycles. The summed E-state index contributed by atoms with van der Waals surface area (Å²) in [6.45, 7) is 2.97. The molecule has 15 heavy (non-hydrogen) atoms. The molecular weight excluding hydrogens is 192 g/mol. The van der Waals surface area contributed by atoms with Crippen LogP contribution in [0.15, 0.2) is 0 Å². The summed E-state index contributed by atoms with van der Waals surface area (Å²) in [5, 5.41) is 0. The smallest absolute Gasteiger partial charge is 0.0768 e. The van der Waals surface area contributed by atoms with Gasteiger partial charge in [0.15, 0.2) is 0 Å². The molecule has 3 atom stereocenters. The fourth-order valence-electron chi connectivity index (χ4n) is 2.12. The lowest BCUT2D eigenvalue weighted by Gasteiger charge is -2.30. The van der Waals surface area contributed by atoms with Crippen molar-refractivity contribution in [2.75, 3.05) is 20.8 Å². The van der Waals surface area contributed by atoms with Crippen LogP contribution in [0, 0.1) is 11.8 Å². The quantitative estimate of drug-likeness (QED) is 0.468. The molecule has 0 radical (unpaired) electrons. The zero-order valence-corrected chi connectivity index (χ0v) is 10.0. The van der Waals surface area contributed by atoms with Gasteiger partial charge in [-0.05, 0) is 31.1 Å². The molecule has 4 nitrogen and oxygen atoms in total. The minimum absolute atomic E-state index is 0.234. The van der Waals surface area contributed by atoms with Crippen molar-refractivity contribution in [1.29, 1.82) is 0 Å². The normalized spacial score (nSPS) is 22.4. The fourth-order valence-corrected chi connectivity index (χ4v) is 2.12. The molecule has 0 aliphatic heterocycles. The van der Waals surface area contributed by atoms with Gasteiger partial charge >= 0.3 is 0 Å². The van der Waals surface area contributed by atoms with E-state index in [1.807, 2.05) is 0 Å². The van der Waals surface area contributed by atoms with Crippen molar-refractivity contribution in [2.45, 2.75) is 38.3 Å². The van der Waals surface area contributed by atoms with Gasteiger partial charge in [-0.15, -0.1) is 0 Å². The Labute approximate surface area is 92.5 Å². The number of hydrazine groups is 1. The molecule has 0 heterocycles. The fraction of sp³-hybridized carbons (Fsp3) is 1.00. The van der Waals surface area contributed by atoms with Crippen LogP contribution in [0.25, 0.3) is 0 Å². The Morgan fingerprint density at radius 2 is 2.07 bits per heavy atom. The monoisotopic (exact) mass is 216 g/mol. The molecule has 4 heteroatoms. The highest BCUT2D eigenvalue weighted by molar-refractivity contribution is 4.91. The zero-order valence-electron chi connectivity index (χ0n) is 10.0. The molecule has 0 aromatic rings. The summed E-state index contributed by atoms with van der Waals surface area (Å²) in [7, 11) is 3.50. The largest absolute Gasteiger partial charge is 0.385 e. The maximum Gasteiger partial charge on any atom is 0.0768 e. The Bertz CT molecular complexity index is 174. The predicted molar refractivity (Wildman–Crippen MR) is 60.3 cm³/mol. The van der Waals surface area contributed by atoms with Gasteiger partial charge in [0, 0.05) is 20.8 Å². The molecule has 90 valence electrons. The van der Waals surface area contributed by atoms with Crippen molar-refractivity contribution in [3.8, 4) is 0 Å². The minimum Gasteiger partial charge on any atom is -0.385 e. The van der Waals surface area contributed by atoms with Crippen LogP contribution < -0.4 is 11.3 Å². The first-order chi connectivity index (χ1) is 7.24. The van der Waals surface area contributed by atoms with E-state index in [1.165, 1.54) is 12.8 Å². The summed E-state index contributed by atoms with van der Waals surface area (Å²) in [6.07, 6.45) is 3.81. The van der Waals surface area contributed by atoms with Gasteiger partial charge in [0.2, 0.25) is 0 Å². The SMILES string of the molecule is COCCC(C)C(NN)C(OC)C1CC1. The highest BCUT2D eigenvalue weighted by Gasteiger charge is 2.38. The van der Waals surface area contributed by atoms with E-state index >= 15 is 0 Å². The van der Waals surface area contributed by atoms with E-state index in [-0.39, 0.29) is 12.1 Å². The Balaban J connectivity index is 2.43. The van der Waals surface area contributed by atoms with Crippen LogP contribution in [0.1, 0.15) is 26.2 Å². The Kier molecular flexibility index (Phi) is 5.53. The van der Waals surface area contributed by atoms with Crippen molar-refractivity contribution >= 4 is 0 Å². The van der Waals surface area contributed by atoms with E-state index in [9.17, 15) is 0 Å². The van der Waals surface area contributed by atoms with E-state index in [1.54, 1.807) is 14.2 Å². The molecule has 0 bridgehead atoms. The van der Waals surface area contributed by atoms with Gasteiger partial charge in [0.25, 0.3) is 0 Å². The molecule has 0 saturated heterocycles. The summed E-state index contributed by atoms with van der Waals surface area (Å²) in [5.41, 5.74) is 2.90. The van der Waals surface area contributed by atoms with E-state index in [4.69, 9.17) is 15.3 Å². The Morgan fingerprint density at radius 3 is 2.47 bits per heavy atom. The second-order valence-corrected chi connectivity index (χ2v) is 4.49. The average molecular weight is 216 g/mol. The molecule has 1 saturated carbocycles. The van der Waals surface area contributed by atoms with Crippen LogP contribution in [0.5, 0.6) is 0 Å². The third kappa shape index (κ3) is 3.72. The number of ether oxygens (including phenoxy) is 2. The third-order valence-electron chi connectivity index (χ3n) is 3.30. The molecule has 0 spiro atoms. The van der Waals surface area contributed by atoms with Crippen molar-refractivity contribution in [1.82, 2.24) is 5.43 Å². The van der Waals surface area contributed by atoms with Crippen LogP contribution >= 0.6 is 0 Å². The zero-order chi connectivity index (χ0) is 11.3. The van der Waals surface area contributed by atoms with Gasteiger partial charge in [-0.1, -0.05) is 6.92 Å². The molecule has 1 aliphatic carbocycles. The van der Waals surface area contributed by atoms with Gasteiger partial charge in [-0.3, -0.25) is 11.3 Å². The van der Waals surface area contributed by atoms with Crippen LogP contribution in [-0.2, 0) is 9.47 Å². The highest BCUT2D eigenvalue weighted by Crippen LogP contribution is 2.37. The van der Waals surface area contributed by atoms with E-state index in [2.05, 4.69) is 12.3 Å². The Morgan fingerprint density at radius 1 is 1.40 bits per heavy atom. The molecule has 3 N–H and O–H groups in total. The first-order valence-corrected chi connectivity index (χ1v) is 5.72. The number of hydrogen-bond acceptors (Lipinski definition) is 4. The summed E-state index contributed by atoms with van der Waals surface area (Å²) in [6, 6.07) is 0.234. The number of nitrogens with two attached hydrogens (primary N) is 1. The summed E-state index contributed by atoms with van der Waals surface area (Å²) < 4.78 is 10.6. The van der Waals surface area contributed by atoms with Crippen LogP contribution in [0.4, 0.5) is 0 Å².